The minimum atomic E-state index is -0.561. The SMILES string of the molecule is CC(Cc1ccccc1)(C1=N[C@H](c2ccccc2)CO1)C1=N[C@H](c2ccccc2)CO1. The van der Waals surface area contributed by atoms with Crippen LogP contribution in [0.3, 0.4) is 0 Å². The van der Waals surface area contributed by atoms with Crippen LogP contribution in [0.25, 0.3) is 0 Å². The molecule has 3 aromatic carbocycles. The molecule has 0 aliphatic carbocycles. The monoisotopic (exact) mass is 410 g/mol. The van der Waals surface area contributed by atoms with E-state index in [9.17, 15) is 0 Å². The average molecular weight is 411 g/mol. The normalized spacial score (nSPS) is 20.5. The summed E-state index contributed by atoms with van der Waals surface area (Å²) in [6, 6.07) is 31.0. The Morgan fingerprint density at radius 3 is 1.55 bits per heavy atom. The second-order valence-electron chi connectivity index (χ2n) is 8.34. The van der Waals surface area contributed by atoms with Gasteiger partial charge in [0.1, 0.15) is 30.7 Å². The van der Waals surface area contributed by atoms with Crippen molar-refractivity contribution < 1.29 is 9.47 Å². The van der Waals surface area contributed by atoms with E-state index in [0.717, 1.165) is 11.1 Å². The lowest BCUT2D eigenvalue weighted by Crippen LogP contribution is -2.39. The van der Waals surface area contributed by atoms with Gasteiger partial charge in [-0.25, -0.2) is 9.98 Å². The number of nitrogens with zero attached hydrogens (tertiary/aromatic N) is 2. The number of hydrogen-bond donors (Lipinski definition) is 0. The highest BCUT2D eigenvalue weighted by molar-refractivity contribution is 6.06. The highest BCUT2D eigenvalue weighted by atomic mass is 16.5. The van der Waals surface area contributed by atoms with E-state index in [1.807, 2.05) is 42.5 Å². The van der Waals surface area contributed by atoms with Crippen LogP contribution in [-0.4, -0.2) is 25.0 Å². The van der Waals surface area contributed by atoms with Crippen molar-refractivity contribution in [3.8, 4) is 0 Å². The summed E-state index contributed by atoms with van der Waals surface area (Å²) in [6.07, 6.45) is 0.717. The number of aliphatic imine (C=N–C) groups is 2. The number of ether oxygens (including phenoxy) is 2. The molecular formula is C27H26N2O2. The van der Waals surface area contributed by atoms with Crippen LogP contribution in [-0.2, 0) is 15.9 Å². The predicted octanol–water partition coefficient (Wildman–Crippen LogP) is 5.58. The quantitative estimate of drug-likeness (QED) is 0.533. The predicted molar refractivity (Wildman–Crippen MR) is 123 cm³/mol. The molecule has 3 aromatic rings. The largest absolute Gasteiger partial charge is 0.478 e. The lowest BCUT2D eigenvalue weighted by atomic mass is 9.82. The highest BCUT2D eigenvalue weighted by Crippen LogP contribution is 2.38. The van der Waals surface area contributed by atoms with E-state index in [1.54, 1.807) is 0 Å². The third-order valence-electron chi connectivity index (χ3n) is 6.02. The molecule has 0 spiro atoms. The molecule has 0 N–H and O–H groups in total. The van der Waals surface area contributed by atoms with Crippen molar-refractivity contribution in [1.82, 2.24) is 0 Å². The topological polar surface area (TPSA) is 43.2 Å². The summed E-state index contributed by atoms with van der Waals surface area (Å²) < 4.78 is 12.4. The summed E-state index contributed by atoms with van der Waals surface area (Å²) >= 11 is 0. The van der Waals surface area contributed by atoms with Crippen LogP contribution >= 0.6 is 0 Å². The molecule has 4 nitrogen and oxygen atoms in total. The first-order valence-electron chi connectivity index (χ1n) is 10.8. The summed E-state index contributed by atoms with van der Waals surface area (Å²) in [5, 5.41) is 0. The first-order valence-corrected chi connectivity index (χ1v) is 10.8. The van der Waals surface area contributed by atoms with Gasteiger partial charge in [0, 0.05) is 0 Å². The van der Waals surface area contributed by atoms with Gasteiger partial charge in [-0.3, -0.25) is 0 Å². The molecule has 31 heavy (non-hydrogen) atoms. The van der Waals surface area contributed by atoms with Crippen molar-refractivity contribution in [2.45, 2.75) is 25.4 Å². The fraction of sp³-hybridized carbons (Fsp3) is 0.259. The Hall–Kier alpha value is -3.40. The van der Waals surface area contributed by atoms with E-state index in [2.05, 4.69) is 55.5 Å². The smallest absolute Gasteiger partial charge is 0.200 e. The van der Waals surface area contributed by atoms with Gasteiger partial charge in [0.25, 0.3) is 0 Å². The molecule has 2 heterocycles. The third kappa shape index (κ3) is 3.98. The Morgan fingerprint density at radius 2 is 1.10 bits per heavy atom. The molecule has 5 rings (SSSR count). The maximum Gasteiger partial charge on any atom is 0.200 e. The van der Waals surface area contributed by atoms with E-state index in [4.69, 9.17) is 19.5 Å². The summed E-state index contributed by atoms with van der Waals surface area (Å²) in [5.41, 5.74) is 2.97. The Bertz CT molecular complexity index is 1010. The van der Waals surface area contributed by atoms with E-state index in [-0.39, 0.29) is 12.1 Å². The molecule has 0 saturated carbocycles. The minimum Gasteiger partial charge on any atom is -0.478 e. The molecule has 0 saturated heterocycles. The van der Waals surface area contributed by atoms with Crippen molar-refractivity contribution in [2.24, 2.45) is 15.4 Å². The molecule has 2 aliphatic heterocycles. The fourth-order valence-corrected chi connectivity index (χ4v) is 4.29. The van der Waals surface area contributed by atoms with Crippen molar-refractivity contribution in [3.63, 3.8) is 0 Å². The summed E-state index contributed by atoms with van der Waals surface area (Å²) in [4.78, 5) is 10.0. The van der Waals surface area contributed by atoms with E-state index < -0.39 is 5.41 Å². The van der Waals surface area contributed by atoms with Crippen molar-refractivity contribution in [2.75, 3.05) is 13.2 Å². The molecule has 0 aromatic heterocycles. The van der Waals surface area contributed by atoms with E-state index in [1.165, 1.54) is 5.56 Å². The van der Waals surface area contributed by atoms with Crippen LogP contribution in [0.2, 0.25) is 0 Å². The number of benzene rings is 3. The molecule has 0 unspecified atom stereocenters. The van der Waals surface area contributed by atoms with Gasteiger partial charge in [0.05, 0.1) is 0 Å². The van der Waals surface area contributed by atoms with Gasteiger partial charge in [-0.2, -0.15) is 0 Å². The third-order valence-corrected chi connectivity index (χ3v) is 6.02. The van der Waals surface area contributed by atoms with Crippen molar-refractivity contribution in [3.05, 3.63) is 108 Å². The molecule has 156 valence electrons. The molecule has 0 fully saturated rings. The molecule has 0 amide bonds. The first kappa shape index (κ1) is 19.6. The second kappa shape index (κ2) is 8.38. The van der Waals surface area contributed by atoms with E-state index in [0.29, 0.717) is 31.4 Å². The molecule has 2 aliphatic rings. The van der Waals surface area contributed by atoms with Gasteiger partial charge in [-0.15, -0.1) is 0 Å². The first-order chi connectivity index (χ1) is 15.2. The summed E-state index contributed by atoms with van der Waals surface area (Å²) in [6.45, 7) is 3.22. The van der Waals surface area contributed by atoms with Gasteiger partial charge in [0.15, 0.2) is 11.8 Å². The molecular weight excluding hydrogens is 384 g/mol. The zero-order valence-electron chi connectivity index (χ0n) is 17.6. The average Bonchev–Trinajstić information content (AvgIpc) is 3.52. The molecule has 2 atom stereocenters. The molecule has 4 heteroatoms. The Kier molecular flexibility index (Phi) is 5.29. The molecule has 0 radical (unpaired) electrons. The zero-order valence-corrected chi connectivity index (χ0v) is 17.6. The van der Waals surface area contributed by atoms with Crippen molar-refractivity contribution >= 4 is 11.8 Å². The van der Waals surface area contributed by atoms with Crippen LogP contribution in [0.4, 0.5) is 0 Å². The van der Waals surface area contributed by atoms with Crippen molar-refractivity contribution in [1.29, 1.82) is 0 Å². The van der Waals surface area contributed by atoms with Gasteiger partial charge < -0.3 is 9.47 Å². The van der Waals surface area contributed by atoms with Gasteiger partial charge in [0.2, 0.25) is 0 Å². The van der Waals surface area contributed by atoms with E-state index >= 15 is 0 Å². The van der Waals surface area contributed by atoms with Crippen LogP contribution in [0, 0.1) is 5.41 Å². The second-order valence-corrected chi connectivity index (χ2v) is 8.34. The van der Waals surface area contributed by atoms with Crippen LogP contribution in [0.15, 0.2) is 101 Å². The maximum absolute atomic E-state index is 6.20. The highest BCUT2D eigenvalue weighted by Gasteiger charge is 2.45. The van der Waals surface area contributed by atoms with Gasteiger partial charge >= 0.3 is 0 Å². The van der Waals surface area contributed by atoms with Crippen LogP contribution < -0.4 is 0 Å². The maximum atomic E-state index is 6.20. The zero-order chi connectivity index (χ0) is 21.1. The standard InChI is InChI=1S/C27H26N2O2/c1-27(17-20-11-5-2-6-12-20,25-28-23(18-30-25)21-13-7-3-8-14-21)26-29-24(19-31-26)22-15-9-4-10-16-22/h2-16,23-24H,17-19H2,1H3/t23-,24-/m0/s1. The molecule has 0 bridgehead atoms. The summed E-state index contributed by atoms with van der Waals surface area (Å²) in [7, 11) is 0. The lowest BCUT2D eigenvalue weighted by molar-refractivity contribution is 0.257. The minimum absolute atomic E-state index is 0.00165. The lowest BCUT2D eigenvalue weighted by Gasteiger charge is -2.28. The summed E-state index contributed by atoms with van der Waals surface area (Å²) in [5.74, 6) is 1.41. The number of hydrogen-bond acceptors (Lipinski definition) is 4. The van der Waals surface area contributed by atoms with Crippen LogP contribution in [0.5, 0.6) is 0 Å². The van der Waals surface area contributed by atoms with Gasteiger partial charge in [-0.05, 0) is 30.0 Å². The Labute approximate surface area is 183 Å². The Balaban J connectivity index is 1.50. The van der Waals surface area contributed by atoms with Gasteiger partial charge in [-0.1, -0.05) is 91.0 Å². The fourth-order valence-electron chi connectivity index (χ4n) is 4.29. The number of rotatable bonds is 6. The van der Waals surface area contributed by atoms with Crippen LogP contribution in [0.1, 0.15) is 35.7 Å². The Morgan fingerprint density at radius 1 is 0.677 bits per heavy atom.